The molecule has 1 aromatic rings. The van der Waals surface area contributed by atoms with E-state index in [1.54, 1.807) is 0 Å². The predicted molar refractivity (Wildman–Crippen MR) is 77.0 cm³/mol. The van der Waals surface area contributed by atoms with Crippen LogP contribution in [0.2, 0.25) is 0 Å². The Morgan fingerprint density at radius 1 is 1.42 bits per heavy atom. The molecule has 0 radical (unpaired) electrons. The van der Waals surface area contributed by atoms with Gasteiger partial charge < -0.3 is 10.5 Å². The van der Waals surface area contributed by atoms with Crippen LogP contribution < -0.4 is 10.5 Å². The fourth-order valence-corrected chi connectivity index (χ4v) is 3.48. The minimum absolute atomic E-state index is 0.0552. The van der Waals surface area contributed by atoms with Crippen molar-refractivity contribution in [2.75, 3.05) is 30.1 Å². The Hall–Kier alpha value is -0.950. The van der Waals surface area contributed by atoms with Crippen molar-refractivity contribution in [1.82, 2.24) is 0 Å². The molecule has 0 unspecified atom stereocenters. The van der Waals surface area contributed by atoms with E-state index in [0.717, 1.165) is 6.42 Å². The standard InChI is InChI=1S/C12H18FNO3S2/c1-3-4-17-11-8-12(10(14)7-9(11)13)18-5-6-19(2,15)16/h7-8H,3-6,14H2,1-2H3. The molecule has 0 bridgehead atoms. The zero-order chi connectivity index (χ0) is 14.5. The molecular weight excluding hydrogens is 289 g/mol. The molecule has 0 fully saturated rings. The van der Waals surface area contributed by atoms with Crippen molar-refractivity contribution in [2.45, 2.75) is 18.2 Å². The van der Waals surface area contributed by atoms with E-state index in [1.165, 1.54) is 30.2 Å². The van der Waals surface area contributed by atoms with Crippen molar-refractivity contribution < 1.29 is 17.5 Å². The first-order chi connectivity index (χ1) is 8.83. The number of nitrogens with two attached hydrogens (primary N) is 1. The van der Waals surface area contributed by atoms with Gasteiger partial charge in [0, 0.05) is 28.7 Å². The molecule has 0 aliphatic heterocycles. The van der Waals surface area contributed by atoms with Crippen LogP contribution in [0.1, 0.15) is 13.3 Å². The second kappa shape index (κ2) is 7.00. The van der Waals surface area contributed by atoms with Gasteiger partial charge in [-0.25, -0.2) is 12.8 Å². The summed E-state index contributed by atoms with van der Waals surface area (Å²) in [6.45, 7) is 2.35. The number of hydrogen-bond acceptors (Lipinski definition) is 5. The molecule has 0 aliphatic rings. The lowest BCUT2D eigenvalue weighted by Crippen LogP contribution is -2.05. The molecule has 0 saturated heterocycles. The number of thioether (sulfide) groups is 1. The molecular formula is C12H18FNO3S2. The van der Waals surface area contributed by atoms with Gasteiger partial charge in [-0.05, 0) is 12.5 Å². The van der Waals surface area contributed by atoms with Crippen LogP contribution in [0.4, 0.5) is 10.1 Å². The number of rotatable bonds is 7. The number of benzene rings is 1. The van der Waals surface area contributed by atoms with E-state index in [4.69, 9.17) is 10.5 Å². The van der Waals surface area contributed by atoms with Gasteiger partial charge in [-0.15, -0.1) is 11.8 Å². The first-order valence-corrected chi connectivity index (χ1v) is 8.90. The van der Waals surface area contributed by atoms with Crippen LogP contribution in [0.15, 0.2) is 17.0 Å². The van der Waals surface area contributed by atoms with Crippen molar-refractivity contribution in [3.05, 3.63) is 17.9 Å². The van der Waals surface area contributed by atoms with Gasteiger partial charge in [-0.2, -0.15) is 0 Å². The Morgan fingerprint density at radius 3 is 2.68 bits per heavy atom. The van der Waals surface area contributed by atoms with Crippen LogP contribution in [0, 0.1) is 5.82 Å². The Bertz CT molecular complexity index is 532. The lowest BCUT2D eigenvalue weighted by molar-refractivity contribution is 0.300. The summed E-state index contributed by atoms with van der Waals surface area (Å²) < 4.78 is 40.9. The minimum Gasteiger partial charge on any atom is -0.490 e. The molecule has 0 heterocycles. The van der Waals surface area contributed by atoms with E-state index in [-0.39, 0.29) is 11.5 Å². The van der Waals surface area contributed by atoms with Crippen molar-refractivity contribution >= 4 is 27.3 Å². The van der Waals surface area contributed by atoms with Crippen LogP contribution in [-0.4, -0.2) is 32.8 Å². The minimum atomic E-state index is -3.01. The number of sulfone groups is 1. The number of halogens is 1. The number of hydrogen-bond donors (Lipinski definition) is 1. The quantitative estimate of drug-likeness (QED) is 0.618. The third kappa shape index (κ3) is 5.69. The molecule has 0 spiro atoms. The van der Waals surface area contributed by atoms with Gasteiger partial charge >= 0.3 is 0 Å². The van der Waals surface area contributed by atoms with Gasteiger partial charge in [0.15, 0.2) is 11.6 Å². The summed E-state index contributed by atoms with van der Waals surface area (Å²) >= 11 is 1.28. The molecule has 0 amide bonds. The molecule has 0 atom stereocenters. The molecule has 0 aromatic heterocycles. The summed E-state index contributed by atoms with van der Waals surface area (Å²) in [4.78, 5) is 0.635. The Labute approximate surface area is 117 Å². The van der Waals surface area contributed by atoms with Gasteiger partial charge in [-0.3, -0.25) is 0 Å². The molecule has 19 heavy (non-hydrogen) atoms. The third-order valence-corrected chi connectivity index (χ3v) is 4.51. The highest BCUT2D eigenvalue weighted by Crippen LogP contribution is 2.31. The summed E-state index contributed by atoms with van der Waals surface area (Å²) in [6, 6.07) is 2.72. The molecule has 7 heteroatoms. The van der Waals surface area contributed by atoms with E-state index in [9.17, 15) is 12.8 Å². The smallest absolute Gasteiger partial charge is 0.167 e. The SMILES string of the molecule is CCCOc1cc(SCCS(C)(=O)=O)c(N)cc1F. The highest BCUT2D eigenvalue weighted by atomic mass is 32.2. The molecule has 2 N–H and O–H groups in total. The highest BCUT2D eigenvalue weighted by molar-refractivity contribution is 8.00. The van der Waals surface area contributed by atoms with E-state index in [0.29, 0.717) is 22.9 Å². The molecule has 108 valence electrons. The lowest BCUT2D eigenvalue weighted by Gasteiger charge is -2.10. The molecule has 1 rings (SSSR count). The van der Waals surface area contributed by atoms with Gasteiger partial charge in [0.2, 0.25) is 0 Å². The summed E-state index contributed by atoms with van der Waals surface area (Å²) in [5.41, 5.74) is 5.99. The molecule has 0 aliphatic carbocycles. The van der Waals surface area contributed by atoms with E-state index in [1.807, 2.05) is 6.92 Å². The normalized spacial score (nSPS) is 11.5. The van der Waals surface area contributed by atoms with Gasteiger partial charge in [-0.1, -0.05) is 6.92 Å². The second-order valence-corrected chi connectivity index (χ2v) is 7.54. The molecule has 4 nitrogen and oxygen atoms in total. The Balaban J connectivity index is 2.76. The Morgan fingerprint density at radius 2 is 2.11 bits per heavy atom. The van der Waals surface area contributed by atoms with Crippen molar-refractivity contribution in [1.29, 1.82) is 0 Å². The van der Waals surface area contributed by atoms with E-state index in [2.05, 4.69) is 0 Å². The van der Waals surface area contributed by atoms with Crippen molar-refractivity contribution in [2.24, 2.45) is 0 Å². The number of nitrogen functional groups attached to an aromatic ring is 1. The van der Waals surface area contributed by atoms with Gasteiger partial charge in [0.05, 0.1) is 12.4 Å². The van der Waals surface area contributed by atoms with Crippen LogP contribution in [0.25, 0.3) is 0 Å². The zero-order valence-electron chi connectivity index (χ0n) is 11.0. The van der Waals surface area contributed by atoms with Crippen LogP contribution in [0.5, 0.6) is 5.75 Å². The van der Waals surface area contributed by atoms with Crippen molar-refractivity contribution in [3.63, 3.8) is 0 Å². The van der Waals surface area contributed by atoms with Gasteiger partial charge in [0.25, 0.3) is 0 Å². The second-order valence-electron chi connectivity index (χ2n) is 4.15. The first kappa shape index (κ1) is 16.1. The van der Waals surface area contributed by atoms with Crippen LogP contribution in [-0.2, 0) is 9.84 Å². The topological polar surface area (TPSA) is 69.4 Å². The zero-order valence-corrected chi connectivity index (χ0v) is 12.6. The average Bonchev–Trinajstić information content (AvgIpc) is 2.29. The maximum absolute atomic E-state index is 13.6. The number of ether oxygens (including phenoxy) is 1. The summed E-state index contributed by atoms with van der Waals surface area (Å²) in [6.07, 6.45) is 1.96. The monoisotopic (exact) mass is 307 g/mol. The first-order valence-electron chi connectivity index (χ1n) is 5.86. The maximum Gasteiger partial charge on any atom is 0.167 e. The highest BCUT2D eigenvalue weighted by Gasteiger charge is 2.11. The maximum atomic E-state index is 13.6. The van der Waals surface area contributed by atoms with Crippen molar-refractivity contribution in [3.8, 4) is 5.75 Å². The fraction of sp³-hybridized carbons (Fsp3) is 0.500. The summed E-state index contributed by atoms with van der Waals surface area (Å²) in [5, 5.41) is 0. The van der Waals surface area contributed by atoms with E-state index >= 15 is 0 Å². The average molecular weight is 307 g/mol. The summed E-state index contributed by atoms with van der Waals surface area (Å²) in [5.74, 6) is 0.0814. The molecule has 0 saturated carbocycles. The van der Waals surface area contributed by atoms with Crippen LogP contribution >= 0.6 is 11.8 Å². The Kier molecular flexibility index (Phi) is 5.93. The van der Waals surface area contributed by atoms with Gasteiger partial charge in [0.1, 0.15) is 9.84 Å². The van der Waals surface area contributed by atoms with E-state index < -0.39 is 15.7 Å². The molecule has 1 aromatic carbocycles. The predicted octanol–water partition coefficient (Wildman–Crippen LogP) is 2.33. The third-order valence-electron chi connectivity index (χ3n) is 2.24. The largest absolute Gasteiger partial charge is 0.490 e. The summed E-state index contributed by atoms with van der Waals surface area (Å²) in [7, 11) is -3.01. The van der Waals surface area contributed by atoms with Crippen LogP contribution in [0.3, 0.4) is 0 Å². The number of anilines is 1. The lowest BCUT2D eigenvalue weighted by atomic mass is 10.3. The fourth-order valence-electron chi connectivity index (χ4n) is 1.30.